The molecule has 114 valence electrons. The van der Waals surface area contributed by atoms with Crippen molar-refractivity contribution in [3.63, 3.8) is 0 Å². The third kappa shape index (κ3) is 5.73. The minimum absolute atomic E-state index is 0.0899. The van der Waals surface area contributed by atoms with Gasteiger partial charge in [0.25, 0.3) is 5.91 Å². The van der Waals surface area contributed by atoms with E-state index in [-0.39, 0.29) is 17.9 Å². The first kappa shape index (κ1) is 16.8. The Morgan fingerprint density at radius 2 is 2.10 bits per heavy atom. The van der Waals surface area contributed by atoms with Gasteiger partial charge in [-0.1, -0.05) is 5.92 Å². The van der Waals surface area contributed by atoms with E-state index in [0.717, 1.165) is 0 Å². The largest absolute Gasteiger partial charge is 0.390 e. The lowest BCUT2D eigenvalue weighted by Gasteiger charge is -2.20. The molecule has 0 fully saturated rings. The van der Waals surface area contributed by atoms with E-state index in [1.807, 2.05) is 0 Å². The Morgan fingerprint density at radius 3 is 2.67 bits per heavy atom. The Hall–Kier alpha value is -2.23. The van der Waals surface area contributed by atoms with Gasteiger partial charge >= 0.3 is 6.18 Å². The number of rotatable bonds is 5. The van der Waals surface area contributed by atoms with E-state index in [9.17, 15) is 18.0 Å². The number of nitrogens with one attached hydrogen (secondary N) is 2. The predicted molar refractivity (Wildman–Crippen MR) is 73.8 cm³/mol. The molecule has 0 saturated heterocycles. The summed E-state index contributed by atoms with van der Waals surface area (Å²) < 4.78 is 36.4. The van der Waals surface area contributed by atoms with E-state index in [0.29, 0.717) is 0 Å². The molecule has 21 heavy (non-hydrogen) atoms. The number of amides is 1. The molecule has 1 aromatic rings. The van der Waals surface area contributed by atoms with Crippen LogP contribution in [0.5, 0.6) is 0 Å². The van der Waals surface area contributed by atoms with Crippen LogP contribution >= 0.6 is 0 Å². The number of alkyl halides is 3. The normalized spacial score (nSPS) is 11.6. The fourth-order valence-electron chi connectivity index (χ4n) is 1.44. The SMILES string of the molecule is C#CC(C)(C)NC(=O)c1cccnc1NCCC(F)(F)F. The van der Waals surface area contributed by atoms with Gasteiger partial charge in [0, 0.05) is 12.7 Å². The summed E-state index contributed by atoms with van der Waals surface area (Å²) in [5.74, 6) is 1.99. The van der Waals surface area contributed by atoms with Crippen LogP contribution in [-0.2, 0) is 0 Å². The predicted octanol–water partition coefficient (Wildman–Crippen LogP) is 2.59. The summed E-state index contributed by atoms with van der Waals surface area (Å²) in [6.45, 7) is 2.91. The topological polar surface area (TPSA) is 54.0 Å². The van der Waals surface area contributed by atoms with E-state index in [4.69, 9.17) is 6.42 Å². The number of carbonyl (C=O) groups excluding carboxylic acids is 1. The molecule has 0 radical (unpaired) electrons. The molecule has 4 nitrogen and oxygen atoms in total. The van der Waals surface area contributed by atoms with Crippen molar-refractivity contribution in [1.29, 1.82) is 0 Å². The van der Waals surface area contributed by atoms with Crippen LogP contribution in [0.3, 0.4) is 0 Å². The van der Waals surface area contributed by atoms with Crippen LogP contribution in [-0.4, -0.2) is 29.2 Å². The molecule has 1 heterocycles. The van der Waals surface area contributed by atoms with Crippen LogP contribution in [0.25, 0.3) is 0 Å². The second-order valence-corrected chi connectivity index (χ2v) is 4.91. The third-order valence-corrected chi connectivity index (χ3v) is 2.54. The molecule has 0 unspecified atom stereocenters. The van der Waals surface area contributed by atoms with Gasteiger partial charge in [0.2, 0.25) is 0 Å². The highest BCUT2D eigenvalue weighted by Crippen LogP contribution is 2.20. The van der Waals surface area contributed by atoms with Crippen LogP contribution in [0, 0.1) is 12.3 Å². The van der Waals surface area contributed by atoms with Gasteiger partial charge in [-0.2, -0.15) is 13.2 Å². The Morgan fingerprint density at radius 1 is 1.43 bits per heavy atom. The standard InChI is InChI=1S/C14H16F3N3O/c1-4-13(2,3)20-12(21)10-6-5-8-18-11(10)19-9-7-14(15,16)17/h1,5-6,8H,7,9H2,2-3H3,(H,18,19)(H,20,21). The van der Waals surface area contributed by atoms with Crippen molar-refractivity contribution in [2.75, 3.05) is 11.9 Å². The highest BCUT2D eigenvalue weighted by Gasteiger charge is 2.27. The van der Waals surface area contributed by atoms with Gasteiger partial charge in [0.15, 0.2) is 0 Å². The highest BCUT2D eigenvalue weighted by molar-refractivity contribution is 5.99. The monoisotopic (exact) mass is 299 g/mol. The Balaban J connectivity index is 2.80. The van der Waals surface area contributed by atoms with Crippen molar-refractivity contribution in [2.45, 2.75) is 32.0 Å². The Kier molecular flexibility index (Phi) is 5.19. The molecule has 0 saturated carbocycles. The first-order chi connectivity index (χ1) is 9.64. The summed E-state index contributed by atoms with van der Waals surface area (Å²) in [6, 6.07) is 2.98. The maximum Gasteiger partial charge on any atom is 0.390 e. The lowest BCUT2D eigenvalue weighted by molar-refractivity contribution is -0.131. The molecule has 0 aliphatic rings. The number of carbonyl (C=O) groups is 1. The second kappa shape index (κ2) is 6.48. The van der Waals surface area contributed by atoms with Gasteiger partial charge < -0.3 is 10.6 Å². The lowest BCUT2D eigenvalue weighted by atomic mass is 10.1. The number of anilines is 1. The lowest BCUT2D eigenvalue weighted by Crippen LogP contribution is -2.42. The molecule has 0 aliphatic carbocycles. The molecule has 0 atom stereocenters. The van der Waals surface area contributed by atoms with Gasteiger partial charge in [-0.3, -0.25) is 4.79 Å². The molecule has 0 aliphatic heterocycles. The number of hydrogen-bond donors (Lipinski definition) is 2. The zero-order chi connectivity index (χ0) is 16.1. The Labute approximate surface area is 121 Å². The minimum Gasteiger partial charge on any atom is -0.369 e. The molecule has 1 aromatic heterocycles. The quantitative estimate of drug-likeness (QED) is 0.822. The van der Waals surface area contributed by atoms with Crippen LogP contribution in [0.2, 0.25) is 0 Å². The number of pyridine rings is 1. The smallest absolute Gasteiger partial charge is 0.369 e. The summed E-state index contributed by atoms with van der Waals surface area (Å²) >= 11 is 0. The number of hydrogen-bond acceptors (Lipinski definition) is 3. The fourth-order valence-corrected chi connectivity index (χ4v) is 1.44. The average Bonchev–Trinajstić information content (AvgIpc) is 2.37. The van der Waals surface area contributed by atoms with Crippen LogP contribution in [0.15, 0.2) is 18.3 Å². The number of halogens is 3. The zero-order valence-electron chi connectivity index (χ0n) is 11.7. The first-order valence-electron chi connectivity index (χ1n) is 6.20. The van der Waals surface area contributed by atoms with Gasteiger partial charge in [0.05, 0.1) is 17.5 Å². The number of terminal acetylenes is 1. The van der Waals surface area contributed by atoms with Gasteiger partial charge in [-0.05, 0) is 26.0 Å². The zero-order valence-corrected chi connectivity index (χ0v) is 11.7. The second-order valence-electron chi connectivity index (χ2n) is 4.91. The Bertz CT molecular complexity index is 547. The van der Waals surface area contributed by atoms with E-state index >= 15 is 0 Å². The van der Waals surface area contributed by atoms with Crippen molar-refractivity contribution in [1.82, 2.24) is 10.3 Å². The van der Waals surface area contributed by atoms with Crippen LogP contribution in [0.4, 0.5) is 19.0 Å². The molecular formula is C14H16F3N3O. The number of nitrogens with zero attached hydrogens (tertiary/aromatic N) is 1. The van der Waals surface area contributed by atoms with E-state index in [1.54, 1.807) is 13.8 Å². The summed E-state index contributed by atoms with van der Waals surface area (Å²) in [5, 5.41) is 5.10. The fraction of sp³-hybridized carbons (Fsp3) is 0.429. The van der Waals surface area contributed by atoms with Crippen molar-refractivity contribution in [3.8, 4) is 12.3 Å². The maximum absolute atomic E-state index is 12.1. The summed E-state index contributed by atoms with van der Waals surface area (Å²) in [5.41, 5.74) is -0.723. The summed E-state index contributed by atoms with van der Waals surface area (Å²) in [7, 11) is 0. The third-order valence-electron chi connectivity index (χ3n) is 2.54. The van der Waals surface area contributed by atoms with E-state index in [1.165, 1.54) is 18.3 Å². The van der Waals surface area contributed by atoms with Gasteiger partial charge in [0.1, 0.15) is 5.82 Å². The molecular weight excluding hydrogens is 283 g/mol. The van der Waals surface area contributed by atoms with Crippen molar-refractivity contribution in [2.24, 2.45) is 0 Å². The molecule has 1 amide bonds. The van der Waals surface area contributed by atoms with Gasteiger partial charge in [-0.15, -0.1) is 6.42 Å². The summed E-state index contributed by atoms with van der Waals surface area (Å²) in [4.78, 5) is 16.0. The maximum atomic E-state index is 12.1. The van der Waals surface area contributed by atoms with Gasteiger partial charge in [-0.25, -0.2) is 4.98 Å². The van der Waals surface area contributed by atoms with E-state index in [2.05, 4.69) is 21.5 Å². The molecule has 0 aromatic carbocycles. The van der Waals surface area contributed by atoms with Crippen LogP contribution in [0.1, 0.15) is 30.6 Å². The highest BCUT2D eigenvalue weighted by atomic mass is 19.4. The average molecular weight is 299 g/mol. The molecule has 0 spiro atoms. The minimum atomic E-state index is -4.27. The first-order valence-corrected chi connectivity index (χ1v) is 6.20. The molecule has 1 rings (SSSR count). The van der Waals surface area contributed by atoms with Crippen molar-refractivity contribution >= 4 is 11.7 Å². The van der Waals surface area contributed by atoms with Crippen molar-refractivity contribution < 1.29 is 18.0 Å². The van der Waals surface area contributed by atoms with Crippen LogP contribution < -0.4 is 10.6 Å². The summed E-state index contributed by atoms with van der Waals surface area (Å²) in [6.07, 6.45) is 1.38. The molecule has 0 bridgehead atoms. The van der Waals surface area contributed by atoms with E-state index < -0.39 is 24.0 Å². The molecule has 7 heteroatoms. The van der Waals surface area contributed by atoms with Crippen molar-refractivity contribution in [3.05, 3.63) is 23.9 Å². The molecule has 2 N–H and O–H groups in total. The number of aromatic nitrogens is 1.